The molecule has 0 spiro atoms. The Balaban J connectivity index is 2.25. The quantitative estimate of drug-likeness (QED) is 0.847. The number of thiophene rings is 1. The number of aliphatic hydroxyl groups excluding tert-OH is 1. The Morgan fingerprint density at radius 2 is 2.29 bits per heavy atom. The molecule has 1 aromatic heterocycles. The minimum Gasteiger partial charge on any atom is -0.394 e. The Morgan fingerprint density at radius 3 is 2.82 bits per heavy atom. The molecule has 0 aliphatic carbocycles. The van der Waals surface area contributed by atoms with Crippen molar-refractivity contribution in [3.8, 4) is 0 Å². The number of halogens is 1. The summed E-state index contributed by atoms with van der Waals surface area (Å²) in [7, 11) is 0. The molecule has 0 aliphatic heterocycles. The highest BCUT2D eigenvalue weighted by atomic mass is 35.5. The summed E-state index contributed by atoms with van der Waals surface area (Å²) < 4.78 is 0.770. The highest BCUT2D eigenvalue weighted by Gasteiger charge is 2.18. The highest BCUT2D eigenvalue weighted by Crippen LogP contribution is 2.25. The van der Waals surface area contributed by atoms with Gasteiger partial charge in [-0.1, -0.05) is 11.6 Å². The molecule has 3 nitrogen and oxygen atoms in total. The van der Waals surface area contributed by atoms with E-state index in [4.69, 9.17) is 16.7 Å². The third-order valence-electron chi connectivity index (χ3n) is 1.98. The van der Waals surface area contributed by atoms with Crippen LogP contribution in [-0.4, -0.2) is 28.9 Å². The van der Waals surface area contributed by atoms with Crippen molar-refractivity contribution in [2.45, 2.75) is 25.1 Å². The first kappa shape index (κ1) is 14.8. The van der Waals surface area contributed by atoms with Crippen molar-refractivity contribution in [3.05, 3.63) is 21.3 Å². The van der Waals surface area contributed by atoms with Crippen LogP contribution in [0.25, 0.3) is 0 Å². The second-order valence-corrected chi connectivity index (χ2v) is 7.07. The van der Waals surface area contributed by atoms with Gasteiger partial charge in [-0.25, -0.2) is 0 Å². The lowest BCUT2D eigenvalue weighted by atomic mass is 10.1. The SMILES string of the molecule is CC(C)(CO)NC(=O)CSCc1ccc(Cl)s1. The van der Waals surface area contributed by atoms with Crippen molar-refractivity contribution in [1.82, 2.24) is 5.32 Å². The van der Waals surface area contributed by atoms with Gasteiger partial charge in [-0.2, -0.15) is 0 Å². The first-order valence-corrected chi connectivity index (χ1v) is 7.52. The van der Waals surface area contributed by atoms with Crippen LogP contribution in [0, 0.1) is 0 Å². The minimum absolute atomic E-state index is 0.0586. The predicted octanol–water partition coefficient (Wildman–Crippen LogP) is 2.52. The molecule has 1 heterocycles. The summed E-state index contributed by atoms with van der Waals surface area (Å²) in [5.41, 5.74) is -0.552. The van der Waals surface area contributed by atoms with Gasteiger partial charge in [-0.3, -0.25) is 4.79 Å². The number of amides is 1. The van der Waals surface area contributed by atoms with E-state index in [9.17, 15) is 4.79 Å². The van der Waals surface area contributed by atoms with Gasteiger partial charge in [-0.05, 0) is 26.0 Å². The van der Waals surface area contributed by atoms with Gasteiger partial charge >= 0.3 is 0 Å². The largest absolute Gasteiger partial charge is 0.394 e. The average Bonchev–Trinajstić information content (AvgIpc) is 2.63. The van der Waals surface area contributed by atoms with Crippen LogP contribution in [-0.2, 0) is 10.5 Å². The second kappa shape index (κ2) is 6.64. The lowest BCUT2D eigenvalue weighted by molar-refractivity contribution is -0.120. The van der Waals surface area contributed by atoms with Crippen LogP contribution in [0.5, 0.6) is 0 Å². The zero-order chi connectivity index (χ0) is 12.9. The predicted molar refractivity (Wildman–Crippen MR) is 74.8 cm³/mol. The Hall–Kier alpha value is -0.230. The van der Waals surface area contributed by atoms with E-state index in [1.54, 1.807) is 13.8 Å². The summed E-state index contributed by atoms with van der Waals surface area (Å²) in [4.78, 5) is 12.7. The van der Waals surface area contributed by atoms with Gasteiger partial charge in [-0.15, -0.1) is 23.1 Å². The van der Waals surface area contributed by atoms with Crippen LogP contribution >= 0.6 is 34.7 Å². The van der Waals surface area contributed by atoms with Crippen molar-refractivity contribution >= 4 is 40.6 Å². The van der Waals surface area contributed by atoms with Crippen LogP contribution in [0.2, 0.25) is 4.34 Å². The molecule has 0 aliphatic rings. The van der Waals surface area contributed by atoms with E-state index in [0.29, 0.717) is 5.75 Å². The van der Waals surface area contributed by atoms with Crippen LogP contribution in [0.3, 0.4) is 0 Å². The van der Waals surface area contributed by atoms with Crippen LogP contribution < -0.4 is 5.32 Å². The van der Waals surface area contributed by atoms with Gasteiger partial charge in [0.05, 0.1) is 22.2 Å². The Kier molecular flexibility index (Phi) is 5.79. The molecule has 0 saturated heterocycles. The number of aliphatic hydroxyl groups is 1. The molecule has 0 atom stereocenters. The maximum absolute atomic E-state index is 11.5. The highest BCUT2D eigenvalue weighted by molar-refractivity contribution is 7.99. The van der Waals surface area contributed by atoms with E-state index < -0.39 is 5.54 Å². The third-order valence-corrected chi connectivity index (χ3v) is 4.37. The van der Waals surface area contributed by atoms with Crippen LogP contribution in [0.1, 0.15) is 18.7 Å². The smallest absolute Gasteiger partial charge is 0.230 e. The number of thioether (sulfide) groups is 1. The Bertz CT molecular complexity index is 379. The van der Waals surface area contributed by atoms with Gasteiger partial charge in [0, 0.05) is 10.6 Å². The standard InChI is InChI=1S/C11H16ClNO2S2/c1-11(2,7-14)13-10(15)6-16-5-8-3-4-9(12)17-8/h3-4,14H,5-7H2,1-2H3,(H,13,15). The first-order valence-electron chi connectivity index (χ1n) is 5.17. The summed E-state index contributed by atoms with van der Waals surface area (Å²) in [5, 5.41) is 11.8. The van der Waals surface area contributed by atoms with Gasteiger partial charge in [0.15, 0.2) is 0 Å². The molecule has 1 aromatic rings. The summed E-state index contributed by atoms with van der Waals surface area (Å²) in [5.74, 6) is 1.11. The molecule has 1 amide bonds. The summed E-state index contributed by atoms with van der Waals surface area (Å²) >= 11 is 8.88. The number of carbonyl (C=O) groups is 1. The molecule has 0 unspecified atom stereocenters. The molecule has 0 saturated carbocycles. The number of hydrogen-bond acceptors (Lipinski definition) is 4. The topological polar surface area (TPSA) is 49.3 Å². The molecular formula is C11H16ClNO2S2. The number of carbonyl (C=O) groups excluding carboxylic acids is 1. The van der Waals surface area contributed by atoms with E-state index in [1.807, 2.05) is 12.1 Å². The summed E-state index contributed by atoms with van der Waals surface area (Å²) in [6.07, 6.45) is 0. The van der Waals surface area contributed by atoms with E-state index in [-0.39, 0.29) is 12.5 Å². The Labute approximate surface area is 115 Å². The van der Waals surface area contributed by atoms with Crippen LogP contribution in [0.4, 0.5) is 0 Å². The van der Waals surface area contributed by atoms with Crippen molar-refractivity contribution in [1.29, 1.82) is 0 Å². The summed E-state index contributed by atoms with van der Waals surface area (Å²) in [6, 6.07) is 3.83. The van der Waals surface area contributed by atoms with Crippen molar-refractivity contribution in [2.75, 3.05) is 12.4 Å². The van der Waals surface area contributed by atoms with E-state index in [1.165, 1.54) is 23.1 Å². The molecule has 0 aromatic carbocycles. The van der Waals surface area contributed by atoms with Gasteiger partial charge in [0.25, 0.3) is 0 Å². The van der Waals surface area contributed by atoms with Crippen molar-refractivity contribution < 1.29 is 9.90 Å². The fourth-order valence-electron chi connectivity index (χ4n) is 1.13. The average molecular weight is 294 g/mol. The van der Waals surface area contributed by atoms with E-state index in [0.717, 1.165) is 15.0 Å². The van der Waals surface area contributed by atoms with Gasteiger partial charge in [0.2, 0.25) is 5.91 Å². The molecule has 0 bridgehead atoms. The molecule has 96 valence electrons. The first-order chi connectivity index (χ1) is 7.93. The number of nitrogens with one attached hydrogen (secondary N) is 1. The molecule has 17 heavy (non-hydrogen) atoms. The fraction of sp³-hybridized carbons (Fsp3) is 0.545. The number of rotatable bonds is 6. The Morgan fingerprint density at radius 1 is 1.59 bits per heavy atom. The number of hydrogen-bond donors (Lipinski definition) is 2. The molecular weight excluding hydrogens is 278 g/mol. The van der Waals surface area contributed by atoms with Gasteiger partial charge in [0.1, 0.15) is 0 Å². The van der Waals surface area contributed by atoms with Crippen molar-refractivity contribution in [2.24, 2.45) is 0 Å². The molecule has 6 heteroatoms. The zero-order valence-corrected chi connectivity index (χ0v) is 12.2. The van der Waals surface area contributed by atoms with Crippen LogP contribution in [0.15, 0.2) is 12.1 Å². The zero-order valence-electron chi connectivity index (χ0n) is 9.83. The van der Waals surface area contributed by atoms with E-state index >= 15 is 0 Å². The lowest BCUT2D eigenvalue weighted by Gasteiger charge is -2.23. The lowest BCUT2D eigenvalue weighted by Crippen LogP contribution is -2.47. The monoisotopic (exact) mass is 293 g/mol. The molecule has 0 radical (unpaired) electrons. The minimum atomic E-state index is -0.552. The second-order valence-electron chi connectivity index (χ2n) is 4.29. The molecule has 2 N–H and O–H groups in total. The normalized spacial score (nSPS) is 11.5. The molecule has 1 rings (SSSR count). The molecule has 0 fully saturated rings. The fourth-order valence-corrected chi connectivity index (χ4v) is 3.15. The maximum atomic E-state index is 11.5. The van der Waals surface area contributed by atoms with Gasteiger partial charge < -0.3 is 10.4 Å². The summed E-state index contributed by atoms with van der Waals surface area (Å²) in [6.45, 7) is 3.51. The van der Waals surface area contributed by atoms with E-state index in [2.05, 4.69) is 5.32 Å². The van der Waals surface area contributed by atoms with Crippen molar-refractivity contribution in [3.63, 3.8) is 0 Å². The maximum Gasteiger partial charge on any atom is 0.230 e. The third kappa shape index (κ3) is 5.77.